The van der Waals surface area contributed by atoms with Crippen LogP contribution in [-0.4, -0.2) is 66.1 Å². The van der Waals surface area contributed by atoms with Crippen molar-refractivity contribution in [3.05, 3.63) is 28.2 Å². The van der Waals surface area contributed by atoms with Gasteiger partial charge in [0.2, 0.25) is 5.91 Å². The van der Waals surface area contributed by atoms with Gasteiger partial charge in [0.25, 0.3) is 0 Å². The number of carbonyl (C=O) groups excluding carboxylic acids is 1. The third kappa shape index (κ3) is 5.58. The number of likely N-dealkylation sites (N-methyl/N-ethyl adjacent to an activating group) is 1. The van der Waals surface area contributed by atoms with Crippen molar-refractivity contribution in [1.29, 1.82) is 0 Å². The van der Waals surface area contributed by atoms with E-state index in [9.17, 15) is 9.59 Å². The summed E-state index contributed by atoms with van der Waals surface area (Å²) < 4.78 is 0.879. The average molecular weight is 398 g/mol. The predicted molar refractivity (Wildman–Crippen MR) is 97.2 cm³/mol. The van der Waals surface area contributed by atoms with Crippen molar-refractivity contribution in [2.75, 3.05) is 38.5 Å². The molecule has 0 aliphatic carbocycles. The summed E-state index contributed by atoms with van der Waals surface area (Å²) in [7, 11) is 1.84. The van der Waals surface area contributed by atoms with E-state index in [2.05, 4.69) is 26.1 Å². The minimum Gasteiger partial charge on any atom is -0.480 e. The van der Waals surface area contributed by atoms with Gasteiger partial charge < -0.3 is 10.4 Å². The van der Waals surface area contributed by atoms with Crippen LogP contribution >= 0.6 is 15.9 Å². The van der Waals surface area contributed by atoms with E-state index < -0.39 is 5.97 Å². The predicted octanol–water partition coefficient (Wildman–Crippen LogP) is 2.18. The number of carbonyl (C=O) groups is 2. The molecule has 0 saturated carbocycles. The minimum absolute atomic E-state index is 0.0307. The Hall–Kier alpha value is -1.44. The van der Waals surface area contributed by atoms with Crippen LogP contribution in [0.25, 0.3) is 0 Å². The smallest absolute Gasteiger partial charge is 0.317 e. The molecule has 132 valence electrons. The Morgan fingerprint density at radius 3 is 2.62 bits per heavy atom. The van der Waals surface area contributed by atoms with Gasteiger partial charge >= 0.3 is 5.97 Å². The maximum absolute atomic E-state index is 12.2. The lowest BCUT2D eigenvalue weighted by Gasteiger charge is -2.35. The van der Waals surface area contributed by atoms with E-state index in [1.807, 2.05) is 37.1 Å². The van der Waals surface area contributed by atoms with Crippen molar-refractivity contribution >= 4 is 33.5 Å². The first kappa shape index (κ1) is 18.9. The largest absolute Gasteiger partial charge is 0.480 e. The number of aliphatic carboxylic acids is 1. The molecule has 2 rings (SSSR count). The van der Waals surface area contributed by atoms with Crippen LogP contribution in [0, 0.1) is 6.92 Å². The molecule has 1 amide bonds. The molecule has 1 aromatic carbocycles. The van der Waals surface area contributed by atoms with Gasteiger partial charge in [-0.25, -0.2) is 0 Å². The average Bonchev–Trinajstić information content (AvgIpc) is 2.50. The zero-order chi connectivity index (χ0) is 17.7. The number of halogens is 1. The number of aryl methyl sites for hydroxylation is 1. The van der Waals surface area contributed by atoms with Gasteiger partial charge in [0.05, 0.1) is 18.8 Å². The van der Waals surface area contributed by atoms with Crippen LogP contribution in [0.3, 0.4) is 0 Å². The Morgan fingerprint density at radius 1 is 1.38 bits per heavy atom. The molecule has 2 N–H and O–H groups in total. The molecule has 0 unspecified atom stereocenters. The monoisotopic (exact) mass is 397 g/mol. The zero-order valence-corrected chi connectivity index (χ0v) is 15.7. The lowest BCUT2D eigenvalue weighted by atomic mass is 10.0. The maximum Gasteiger partial charge on any atom is 0.317 e. The number of carboxylic acid groups (broad SMARTS) is 1. The van der Waals surface area contributed by atoms with E-state index >= 15 is 0 Å². The Bertz CT molecular complexity index is 601. The Labute approximate surface area is 150 Å². The van der Waals surface area contributed by atoms with Crippen LogP contribution in [0.1, 0.15) is 18.4 Å². The number of amides is 1. The highest BCUT2D eigenvalue weighted by molar-refractivity contribution is 9.10. The number of rotatable bonds is 6. The lowest BCUT2D eigenvalue weighted by molar-refractivity contribution is -0.138. The lowest BCUT2D eigenvalue weighted by Crippen LogP contribution is -2.46. The third-order valence-electron chi connectivity index (χ3n) is 4.33. The molecule has 1 aliphatic heterocycles. The SMILES string of the molecule is Cc1ccc(NC(=O)CN2CCC(N(C)CC(=O)O)CC2)c(Br)c1. The van der Waals surface area contributed by atoms with Crippen molar-refractivity contribution in [2.24, 2.45) is 0 Å². The van der Waals surface area contributed by atoms with Crippen LogP contribution in [0.5, 0.6) is 0 Å². The van der Waals surface area contributed by atoms with Gasteiger partial charge in [0.1, 0.15) is 0 Å². The van der Waals surface area contributed by atoms with E-state index in [4.69, 9.17) is 5.11 Å². The first-order chi connectivity index (χ1) is 11.3. The highest BCUT2D eigenvalue weighted by Gasteiger charge is 2.24. The summed E-state index contributed by atoms with van der Waals surface area (Å²) in [6.45, 7) is 4.03. The number of benzene rings is 1. The number of piperidine rings is 1. The van der Waals surface area contributed by atoms with Crippen LogP contribution < -0.4 is 5.32 Å². The molecule has 1 saturated heterocycles. The quantitative estimate of drug-likeness (QED) is 0.769. The summed E-state index contributed by atoms with van der Waals surface area (Å²) in [5.74, 6) is -0.833. The maximum atomic E-state index is 12.2. The molecule has 1 aromatic rings. The van der Waals surface area contributed by atoms with Gasteiger partial charge in [0, 0.05) is 23.6 Å². The van der Waals surface area contributed by atoms with Crippen molar-refractivity contribution in [1.82, 2.24) is 9.80 Å². The summed E-state index contributed by atoms with van der Waals surface area (Å²) in [5, 5.41) is 11.8. The fraction of sp³-hybridized carbons (Fsp3) is 0.529. The number of anilines is 1. The van der Waals surface area contributed by atoms with Gasteiger partial charge in [0.15, 0.2) is 0 Å². The highest BCUT2D eigenvalue weighted by atomic mass is 79.9. The van der Waals surface area contributed by atoms with E-state index in [0.717, 1.165) is 41.7 Å². The first-order valence-electron chi connectivity index (χ1n) is 8.05. The van der Waals surface area contributed by atoms with Gasteiger partial charge in [-0.3, -0.25) is 19.4 Å². The molecule has 24 heavy (non-hydrogen) atoms. The number of hydrogen-bond acceptors (Lipinski definition) is 4. The Balaban J connectivity index is 1.79. The first-order valence-corrected chi connectivity index (χ1v) is 8.85. The van der Waals surface area contributed by atoms with E-state index in [1.54, 1.807) is 0 Å². The van der Waals surface area contributed by atoms with Gasteiger partial charge in [-0.1, -0.05) is 6.07 Å². The molecule has 0 radical (unpaired) electrons. The summed E-state index contributed by atoms with van der Waals surface area (Å²) in [5.41, 5.74) is 1.91. The zero-order valence-electron chi connectivity index (χ0n) is 14.1. The summed E-state index contributed by atoms with van der Waals surface area (Å²) in [6, 6.07) is 6.10. The molecule has 0 atom stereocenters. The molecular formula is C17H24BrN3O3. The second-order valence-electron chi connectivity index (χ2n) is 6.35. The molecule has 1 aliphatic rings. The number of hydrogen-bond donors (Lipinski definition) is 2. The minimum atomic E-state index is -0.803. The fourth-order valence-corrected chi connectivity index (χ4v) is 3.57. The van der Waals surface area contributed by atoms with Gasteiger partial charge in [-0.05, 0) is 60.4 Å². The second kappa shape index (κ2) is 8.60. The molecule has 1 fully saturated rings. The van der Waals surface area contributed by atoms with Crippen LogP contribution in [0.2, 0.25) is 0 Å². The Morgan fingerprint density at radius 2 is 2.04 bits per heavy atom. The van der Waals surface area contributed by atoms with Gasteiger partial charge in [-0.2, -0.15) is 0 Å². The van der Waals surface area contributed by atoms with Crippen LogP contribution in [0.15, 0.2) is 22.7 Å². The van der Waals surface area contributed by atoms with E-state index in [1.165, 1.54) is 0 Å². The molecule has 6 nitrogen and oxygen atoms in total. The highest BCUT2D eigenvalue weighted by Crippen LogP contribution is 2.23. The van der Waals surface area contributed by atoms with Crippen molar-refractivity contribution < 1.29 is 14.7 Å². The number of carboxylic acids is 1. The van der Waals surface area contributed by atoms with Crippen molar-refractivity contribution in [3.8, 4) is 0 Å². The van der Waals surface area contributed by atoms with Crippen LogP contribution in [-0.2, 0) is 9.59 Å². The fourth-order valence-electron chi connectivity index (χ4n) is 2.98. The second-order valence-corrected chi connectivity index (χ2v) is 7.20. The summed E-state index contributed by atoms with van der Waals surface area (Å²) in [6.07, 6.45) is 1.76. The van der Waals surface area contributed by atoms with Crippen molar-refractivity contribution in [2.45, 2.75) is 25.8 Å². The molecule has 1 heterocycles. The van der Waals surface area contributed by atoms with E-state index in [-0.39, 0.29) is 18.5 Å². The van der Waals surface area contributed by atoms with Crippen molar-refractivity contribution in [3.63, 3.8) is 0 Å². The molecule has 0 spiro atoms. The molecule has 7 heteroatoms. The Kier molecular flexibility index (Phi) is 6.77. The third-order valence-corrected chi connectivity index (χ3v) is 4.99. The molecular weight excluding hydrogens is 374 g/mol. The number of nitrogens with zero attached hydrogens (tertiary/aromatic N) is 2. The van der Waals surface area contributed by atoms with E-state index in [0.29, 0.717) is 6.54 Å². The summed E-state index contributed by atoms with van der Waals surface area (Å²) >= 11 is 3.46. The van der Waals surface area contributed by atoms with Crippen LogP contribution in [0.4, 0.5) is 5.69 Å². The normalized spacial score (nSPS) is 16.3. The molecule has 0 aromatic heterocycles. The van der Waals surface area contributed by atoms with Gasteiger partial charge in [-0.15, -0.1) is 0 Å². The summed E-state index contributed by atoms with van der Waals surface area (Å²) in [4.78, 5) is 27.0. The topological polar surface area (TPSA) is 72.9 Å². The number of nitrogens with one attached hydrogen (secondary N) is 1. The number of likely N-dealkylation sites (tertiary alicyclic amines) is 1. The standard InChI is InChI=1S/C17H24BrN3O3/c1-12-3-4-15(14(18)9-12)19-16(22)10-21-7-5-13(6-8-21)20(2)11-17(23)24/h3-4,9,13H,5-8,10-11H2,1-2H3,(H,19,22)(H,23,24). The molecule has 0 bridgehead atoms.